The van der Waals surface area contributed by atoms with Crippen molar-refractivity contribution in [2.45, 2.75) is 48.5 Å². The van der Waals surface area contributed by atoms with Crippen LogP contribution in [0.3, 0.4) is 0 Å². The van der Waals surface area contributed by atoms with Crippen molar-refractivity contribution in [3.63, 3.8) is 0 Å². The number of carbonyl (C=O) groups is 1. The lowest BCUT2D eigenvalue weighted by molar-refractivity contribution is -0.111. The zero-order valence-corrected chi connectivity index (χ0v) is 26.2. The molecule has 2 aromatic carbocycles. The maximum Gasteiger partial charge on any atom is 0.163 e. The van der Waals surface area contributed by atoms with E-state index in [-0.39, 0.29) is 5.78 Å². The van der Waals surface area contributed by atoms with Gasteiger partial charge in [-0.3, -0.25) is 4.79 Å². The molecule has 5 heterocycles. The SMILES string of the molecule is CC(=O)C1=Cc2nc1[nH]c1ccc([nH]1)c(-c1c(C)cc(C)cc1C)c1nc(c3ccc([nH]3)c2-c2c(C)cc(C)cc2C)C=C1. The Bertz CT molecular complexity index is 2220. The van der Waals surface area contributed by atoms with E-state index in [4.69, 9.17) is 9.97 Å². The first kappa shape index (κ1) is 27.6. The summed E-state index contributed by atoms with van der Waals surface area (Å²) in [6.45, 7) is 14.4. The van der Waals surface area contributed by atoms with Crippen LogP contribution >= 0.6 is 0 Å². The van der Waals surface area contributed by atoms with Crippen molar-refractivity contribution in [1.29, 1.82) is 0 Å². The lowest BCUT2D eigenvalue weighted by Gasteiger charge is -2.13. The van der Waals surface area contributed by atoms with Crippen molar-refractivity contribution in [1.82, 2.24) is 24.9 Å². The molecule has 44 heavy (non-hydrogen) atoms. The topological polar surface area (TPSA) is 90.2 Å². The quantitative estimate of drug-likeness (QED) is 0.196. The second-order valence-electron chi connectivity index (χ2n) is 12.2. The number of aromatic amines is 3. The van der Waals surface area contributed by atoms with E-state index in [2.05, 4.69) is 111 Å². The zero-order valence-electron chi connectivity index (χ0n) is 26.2. The molecule has 0 fully saturated rings. The molecular formula is C38H35N5O. The highest BCUT2D eigenvalue weighted by atomic mass is 16.1. The van der Waals surface area contributed by atoms with Crippen LogP contribution in [0.5, 0.6) is 0 Å². The Balaban J connectivity index is 1.66. The van der Waals surface area contributed by atoms with Crippen molar-refractivity contribution in [3.8, 4) is 22.3 Å². The molecule has 0 atom stereocenters. The summed E-state index contributed by atoms with van der Waals surface area (Å²) in [5.41, 5.74) is 17.9. The third kappa shape index (κ3) is 4.54. The number of carbonyl (C=O) groups excluding carboxylic acids is 1. The summed E-state index contributed by atoms with van der Waals surface area (Å²) < 4.78 is 0. The Morgan fingerprint density at radius 3 is 1.70 bits per heavy atom. The summed E-state index contributed by atoms with van der Waals surface area (Å²) in [7, 11) is 0. The Labute approximate surface area is 256 Å². The lowest BCUT2D eigenvalue weighted by Crippen LogP contribution is -1.96. The van der Waals surface area contributed by atoms with Crippen LogP contribution in [0.4, 0.5) is 0 Å². The molecule has 0 saturated heterocycles. The summed E-state index contributed by atoms with van der Waals surface area (Å²) in [6, 6.07) is 17.1. The van der Waals surface area contributed by atoms with Gasteiger partial charge < -0.3 is 15.0 Å². The first-order chi connectivity index (χ1) is 21.1. The molecule has 6 heteroatoms. The standard InChI is InChI=1S/C38H35N5O/c1-19-14-21(3)34(22(4)15-19)36-29-10-8-27(39-29)28-9-11-30(40-28)37(35-23(5)16-20(2)17-24(35)6)32-18-26(25(7)44)38(42-32)43-33-13-12-31(36)41-33/h8-18,40H,1-7H3,(H2,41,42,43). The van der Waals surface area contributed by atoms with E-state index in [1.165, 1.54) is 22.3 Å². The number of H-pyrrole nitrogens is 3. The molecule has 7 rings (SSSR count). The Morgan fingerprint density at radius 2 is 1.09 bits per heavy atom. The van der Waals surface area contributed by atoms with E-state index in [0.717, 1.165) is 72.7 Å². The fraction of sp³-hybridized carbons (Fsp3) is 0.184. The molecule has 2 aliphatic rings. The Kier molecular flexibility index (Phi) is 6.39. The third-order valence-corrected chi connectivity index (χ3v) is 8.59. The molecule has 3 N–H and O–H groups in total. The van der Waals surface area contributed by atoms with Crippen molar-refractivity contribution in [2.24, 2.45) is 0 Å². The molecule has 218 valence electrons. The van der Waals surface area contributed by atoms with Crippen LogP contribution in [0.25, 0.3) is 68.3 Å². The van der Waals surface area contributed by atoms with Crippen LogP contribution in [-0.4, -0.2) is 30.7 Å². The maximum atomic E-state index is 13.0. The van der Waals surface area contributed by atoms with E-state index >= 15 is 0 Å². The first-order valence-electron chi connectivity index (χ1n) is 15.0. The number of Topliss-reactive ketones (excluding diaryl/α,β-unsaturated/α-hetero) is 1. The molecule has 6 nitrogen and oxygen atoms in total. The second-order valence-corrected chi connectivity index (χ2v) is 12.2. The van der Waals surface area contributed by atoms with Crippen LogP contribution in [0.15, 0.2) is 48.5 Å². The van der Waals surface area contributed by atoms with Gasteiger partial charge in [-0.2, -0.15) is 0 Å². The number of fused-ring (bicyclic) bond motifs is 9. The van der Waals surface area contributed by atoms with Gasteiger partial charge in [-0.15, -0.1) is 0 Å². The highest BCUT2D eigenvalue weighted by Gasteiger charge is 2.22. The number of aromatic nitrogens is 5. The molecule has 8 bridgehead atoms. The van der Waals surface area contributed by atoms with Crippen molar-refractivity contribution < 1.29 is 4.79 Å². The number of nitrogens with zero attached hydrogens (tertiary/aromatic N) is 2. The molecule has 0 amide bonds. The molecule has 0 unspecified atom stereocenters. The fourth-order valence-corrected chi connectivity index (χ4v) is 6.94. The minimum Gasteiger partial charge on any atom is -0.353 e. The zero-order chi connectivity index (χ0) is 30.9. The second kappa shape index (κ2) is 10.2. The van der Waals surface area contributed by atoms with E-state index in [0.29, 0.717) is 11.4 Å². The number of benzene rings is 2. The van der Waals surface area contributed by atoms with Gasteiger partial charge in [0.2, 0.25) is 0 Å². The summed E-state index contributed by atoms with van der Waals surface area (Å²) in [5.74, 6) is 0.480. The van der Waals surface area contributed by atoms with Crippen LogP contribution in [0.2, 0.25) is 0 Å². The highest BCUT2D eigenvalue weighted by Crippen LogP contribution is 2.38. The van der Waals surface area contributed by atoms with Gasteiger partial charge in [-0.1, -0.05) is 35.4 Å². The maximum absolute atomic E-state index is 13.0. The van der Waals surface area contributed by atoms with Crippen LogP contribution in [0.1, 0.15) is 63.2 Å². The van der Waals surface area contributed by atoms with Gasteiger partial charge in [0.1, 0.15) is 11.5 Å². The minimum atomic E-state index is -0.0478. The molecular weight excluding hydrogens is 542 g/mol. The van der Waals surface area contributed by atoms with Gasteiger partial charge in [0.15, 0.2) is 5.78 Å². The molecule has 2 aliphatic heterocycles. The highest BCUT2D eigenvalue weighted by molar-refractivity contribution is 6.24. The Hall–Kier alpha value is -5.23. The van der Waals surface area contributed by atoms with Gasteiger partial charge >= 0.3 is 0 Å². The predicted molar refractivity (Wildman–Crippen MR) is 182 cm³/mol. The van der Waals surface area contributed by atoms with E-state index in [1.807, 2.05) is 12.1 Å². The van der Waals surface area contributed by atoms with Crippen LogP contribution in [0, 0.1) is 41.5 Å². The monoisotopic (exact) mass is 577 g/mol. The summed E-state index contributed by atoms with van der Waals surface area (Å²) in [4.78, 5) is 33.9. The minimum absolute atomic E-state index is 0.0478. The number of nitrogens with one attached hydrogen (secondary N) is 3. The number of ketones is 1. The smallest absolute Gasteiger partial charge is 0.163 e. The average Bonchev–Trinajstić information content (AvgIpc) is 3.75. The van der Waals surface area contributed by atoms with Crippen LogP contribution < -0.4 is 0 Å². The largest absolute Gasteiger partial charge is 0.353 e. The molecule has 0 saturated carbocycles. The van der Waals surface area contributed by atoms with Gasteiger partial charge in [-0.25, -0.2) is 9.97 Å². The number of hydrogen-bond donors (Lipinski definition) is 3. The number of rotatable bonds is 3. The summed E-state index contributed by atoms with van der Waals surface area (Å²) in [5, 5.41) is 0. The fourth-order valence-electron chi connectivity index (χ4n) is 6.94. The molecule has 3 aromatic heterocycles. The molecule has 0 spiro atoms. The normalized spacial score (nSPS) is 12.6. The first-order valence-corrected chi connectivity index (χ1v) is 15.0. The number of aryl methyl sites for hydroxylation is 6. The van der Waals surface area contributed by atoms with Gasteiger partial charge in [0.25, 0.3) is 0 Å². The van der Waals surface area contributed by atoms with Crippen molar-refractivity contribution in [3.05, 3.63) is 105 Å². The van der Waals surface area contributed by atoms with Crippen molar-refractivity contribution in [2.75, 3.05) is 0 Å². The van der Waals surface area contributed by atoms with Gasteiger partial charge in [-0.05, 0) is 124 Å². The van der Waals surface area contributed by atoms with Crippen LogP contribution in [-0.2, 0) is 4.79 Å². The lowest BCUT2D eigenvalue weighted by atomic mass is 9.92. The third-order valence-electron chi connectivity index (χ3n) is 8.59. The number of allylic oxidation sites excluding steroid dienone is 1. The van der Waals surface area contributed by atoms with Gasteiger partial charge in [0.05, 0.1) is 28.2 Å². The summed E-state index contributed by atoms with van der Waals surface area (Å²) in [6.07, 6.45) is 6.08. The predicted octanol–water partition coefficient (Wildman–Crippen LogP) is 9.13. The molecule has 0 radical (unpaired) electrons. The van der Waals surface area contributed by atoms with Gasteiger partial charge in [0, 0.05) is 22.2 Å². The average molecular weight is 578 g/mol. The molecule has 0 aliphatic carbocycles. The number of hydrogen-bond acceptors (Lipinski definition) is 3. The Morgan fingerprint density at radius 1 is 0.568 bits per heavy atom. The van der Waals surface area contributed by atoms with E-state index < -0.39 is 0 Å². The van der Waals surface area contributed by atoms with Crippen molar-refractivity contribution >= 4 is 51.8 Å². The molecule has 5 aromatic rings. The summed E-state index contributed by atoms with van der Waals surface area (Å²) >= 11 is 0. The van der Waals surface area contributed by atoms with E-state index in [1.54, 1.807) is 6.92 Å². The van der Waals surface area contributed by atoms with E-state index in [9.17, 15) is 4.79 Å².